The molecule has 17 atom stereocenters. The minimum absolute atomic E-state index is 0.185. The Hall–Kier alpha value is -4.59. The predicted octanol–water partition coefficient (Wildman–Crippen LogP) is 12.8. The first-order valence-corrected chi connectivity index (χ1v) is 39.2. The van der Waals surface area contributed by atoms with Gasteiger partial charge >= 0.3 is 0 Å². The van der Waals surface area contributed by atoms with Crippen molar-refractivity contribution >= 4 is 5.91 Å². The van der Waals surface area contributed by atoms with Gasteiger partial charge in [0.05, 0.1) is 38.6 Å². The topological polar surface area (TPSA) is 307 Å². The van der Waals surface area contributed by atoms with E-state index in [9.17, 15) is 61.0 Å². The van der Waals surface area contributed by atoms with Gasteiger partial charge in [-0.1, -0.05) is 268 Å². The molecule has 3 fully saturated rings. The molecule has 586 valence electrons. The predicted molar refractivity (Wildman–Crippen MR) is 410 cm³/mol. The van der Waals surface area contributed by atoms with Crippen molar-refractivity contribution < 1.29 is 89.4 Å². The molecule has 3 saturated heterocycles. The first-order valence-electron chi connectivity index (χ1n) is 39.2. The van der Waals surface area contributed by atoms with Gasteiger partial charge in [-0.3, -0.25) is 4.79 Å². The maximum atomic E-state index is 13.4. The number of amides is 1. The quantitative estimate of drug-likeness (QED) is 0.0199. The Labute approximate surface area is 618 Å². The van der Waals surface area contributed by atoms with Crippen LogP contribution in [-0.2, 0) is 33.2 Å². The number of unbranched alkanes of at least 4 members (excludes halogenated alkanes) is 19. The van der Waals surface area contributed by atoms with E-state index < -0.39 is 131 Å². The van der Waals surface area contributed by atoms with Crippen LogP contribution in [0.25, 0.3) is 0 Å². The van der Waals surface area contributed by atoms with Crippen LogP contribution >= 0.6 is 0 Å². The molecule has 3 aliphatic rings. The van der Waals surface area contributed by atoms with Crippen LogP contribution in [0.1, 0.15) is 232 Å². The lowest BCUT2D eigenvalue weighted by atomic mass is 9.96. The summed E-state index contributed by atoms with van der Waals surface area (Å²) in [5, 5.41) is 121. The maximum absolute atomic E-state index is 13.4. The van der Waals surface area contributed by atoms with Crippen molar-refractivity contribution in [3.63, 3.8) is 0 Å². The minimum atomic E-state index is -1.99. The summed E-state index contributed by atoms with van der Waals surface area (Å²) < 4.78 is 34.4. The van der Waals surface area contributed by atoms with Crippen molar-refractivity contribution in [3.05, 3.63) is 158 Å². The van der Waals surface area contributed by atoms with Gasteiger partial charge in [0, 0.05) is 6.42 Å². The van der Waals surface area contributed by atoms with Crippen LogP contribution in [0.5, 0.6) is 0 Å². The molecular weight excluding hydrogens is 1310 g/mol. The first kappa shape index (κ1) is 92.6. The smallest absolute Gasteiger partial charge is 0.220 e. The normalized spacial score (nSPS) is 26.9. The van der Waals surface area contributed by atoms with Gasteiger partial charge in [0.2, 0.25) is 5.91 Å². The Morgan fingerprint density at radius 3 is 1.09 bits per heavy atom. The molecule has 0 aliphatic carbocycles. The molecule has 0 saturated carbocycles. The SMILES string of the molecule is CC/C=C\C/C=C\C/C=C\C/C=C\C/C=C\C/C=C\C/C=C\C/C=C\C/C=C\C/C=C\C/C=C\CCCCCC(=O)NC(COC1OC(CO)C(OC2OC(CO)C(OC3OC(CO)C(O)C(O)C3O)C(O)C2O)C(O)C1O)C(O)/C=C/CC/C=C/CCCCCCCCCCCCCCCCC. The van der Waals surface area contributed by atoms with Gasteiger partial charge in [0.15, 0.2) is 18.9 Å². The Balaban J connectivity index is 1.41. The van der Waals surface area contributed by atoms with Gasteiger partial charge in [0.1, 0.15) is 73.2 Å². The van der Waals surface area contributed by atoms with E-state index in [1.165, 1.54) is 89.9 Å². The molecule has 0 spiro atoms. The third-order valence-corrected chi connectivity index (χ3v) is 18.3. The second-order valence-corrected chi connectivity index (χ2v) is 27.1. The Bertz CT molecular complexity index is 2480. The lowest BCUT2D eigenvalue weighted by Crippen LogP contribution is -2.66. The van der Waals surface area contributed by atoms with Crippen LogP contribution in [0, 0.1) is 0 Å². The largest absolute Gasteiger partial charge is 0.394 e. The van der Waals surface area contributed by atoms with Crippen LogP contribution < -0.4 is 5.32 Å². The maximum Gasteiger partial charge on any atom is 0.220 e. The number of nitrogens with one attached hydrogen (secondary N) is 1. The third-order valence-electron chi connectivity index (χ3n) is 18.3. The first-order chi connectivity index (χ1) is 50.3. The van der Waals surface area contributed by atoms with Gasteiger partial charge in [-0.05, 0) is 116 Å². The van der Waals surface area contributed by atoms with Crippen LogP contribution in [0.15, 0.2) is 158 Å². The number of carbonyl (C=O) groups excluding carboxylic acids is 1. The standard InChI is InChI=1S/C84H137NO18/c1-3-5-7-9-11-13-15-17-19-21-23-25-26-27-28-29-30-31-32-33-34-35-36-37-38-39-40-42-44-46-48-50-52-54-56-58-60-62-72(90)85-67(68(89)61-59-57-55-53-51-49-47-45-43-41-24-22-20-18-16-14-12-10-8-6-4-2)66-98-82-78(96)75(93)80(70(64-87)100-82)103-84-79(97)76(94)81(71(65-88)101-84)102-83-77(95)74(92)73(91)69(63-86)99-83/h5,7,11,13,17,19,23,25,27-28,30-31,33-34,36-37,39-40,44,46,50-53,59,61,67-71,73-84,86-89,91-97H,3-4,6,8-10,12,14-16,18,20-22,24,26,29,32,35,38,41-43,45,47-49,54-58,60,62-66H2,1-2H3,(H,85,90)/b7-5-,13-11-,19-17-,25-23-,28-27-,31-30-,34-33-,37-36-,40-39-,46-44-,52-50-,53-51+,61-59+. The molecule has 3 aliphatic heterocycles. The fraction of sp³-hybridized carbons (Fsp3) is 0.679. The van der Waals surface area contributed by atoms with E-state index in [1.54, 1.807) is 6.08 Å². The molecule has 0 radical (unpaired) electrons. The van der Waals surface area contributed by atoms with Crippen molar-refractivity contribution in [1.29, 1.82) is 0 Å². The molecule has 1 amide bonds. The van der Waals surface area contributed by atoms with E-state index >= 15 is 0 Å². The molecule has 17 unspecified atom stereocenters. The fourth-order valence-corrected chi connectivity index (χ4v) is 12.0. The molecule has 19 heteroatoms. The van der Waals surface area contributed by atoms with Gasteiger partial charge in [-0.2, -0.15) is 0 Å². The summed E-state index contributed by atoms with van der Waals surface area (Å²) in [6, 6.07) is -1.02. The second-order valence-electron chi connectivity index (χ2n) is 27.1. The zero-order chi connectivity index (χ0) is 74.6. The molecular formula is C84H137NO18. The highest BCUT2D eigenvalue weighted by Gasteiger charge is 2.53. The summed E-state index contributed by atoms with van der Waals surface area (Å²) in [4.78, 5) is 13.4. The number of aliphatic hydroxyl groups is 11. The van der Waals surface area contributed by atoms with Gasteiger partial charge in [0.25, 0.3) is 0 Å². The van der Waals surface area contributed by atoms with Crippen LogP contribution in [0.2, 0.25) is 0 Å². The fourth-order valence-electron chi connectivity index (χ4n) is 12.0. The highest BCUT2D eigenvalue weighted by Crippen LogP contribution is 2.33. The van der Waals surface area contributed by atoms with Gasteiger partial charge in [-0.25, -0.2) is 0 Å². The number of hydrogen-bond donors (Lipinski definition) is 12. The summed E-state index contributed by atoms with van der Waals surface area (Å²) in [5.41, 5.74) is 0. The zero-order valence-corrected chi connectivity index (χ0v) is 62.5. The summed E-state index contributed by atoms with van der Waals surface area (Å²) in [6.07, 6.45) is 65.1. The van der Waals surface area contributed by atoms with E-state index in [1.807, 2.05) is 6.08 Å². The molecule has 3 rings (SSSR count). The number of carbonyl (C=O) groups is 1. The minimum Gasteiger partial charge on any atom is -0.394 e. The van der Waals surface area contributed by atoms with E-state index in [4.69, 9.17) is 28.4 Å². The van der Waals surface area contributed by atoms with E-state index in [0.717, 1.165) is 109 Å². The lowest BCUT2D eigenvalue weighted by molar-refractivity contribution is -0.379. The second kappa shape index (κ2) is 62.4. The summed E-state index contributed by atoms with van der Waals surface area (Å²) in [6.45, 7) is 1.57. The van der Waals surface area contributed by atoms with Crippen LogP contribution in [0.3, 0.4) is 0 Å². The van der Waals surface area contributed by atoms with Gasteiger partial charge in [-0.15, -0.1) is 0 Å². The number of ether oxygens (including phenoxy) is 6. The summed E-state index contributed by atoms with van der Waals surface area (Å²) in [7, 11) is 0. The molecule has 0 aromatic rings. The zero-order valence-electron chi connectivity index (χ0n) is 62.5. The van der Waals surface area contributed by atoms with Crippen molar-refractivity contribution in [2.24, 2.45) is 0 Å². The van der Waals surface area contributed by atoms with E-state index in [-0.39, 0.29) is 12.3 Å². The van der Waals surface area contributed by atoms with Gasteiger partial charge < -0.3 is 89.9 Å². The van der Waals surface area contributed by atoms with E-state index in [2.05, 4.69) is 165 Å². The Morgan fingerprint density at radius 2 is 0.680 bits per heavy atom. The summed E-state index contributed by atoms with van der Waals surface area (Å²) in [5.74, 6) is -0.323. The number of aliphatic hydroxyl groups excluding tert-OH is 11. The van der Waals surface area contributed by atoms with Crippen LogP contribution in [0.4, 0.5) is 0 Å². The average Bonchev–Trinajstić information content (AvgIpc) is 0.781. The monoisotopic (exact) mass is 1450 g/mol. The van der Waals surface area contributed by atoms with Crippen molar-refractivity contribution in [1.82, 2.24) is 5.32 Å². The number of hydrogen-bond acceptors (Lipinski definition) is 18. The molecule has 3 heterocycles. The highest BCUT2D eigenvalue weighted by atomic mass is 16.8. The van der Waals surface area contributed by atoms with Crippen LogP contribution in [-0.4, -0.2) is 193 Å². The van der Waals surface area contributed by atoms with E-state index in [0.29, 0.717) is 12.8 Å². The van der Waals surface area contributed by atoms with Crippen molar-refractivity contribution in [2.75, 3.05) is 26.4 Å². The molecule has 0 aromatic heterocycles. The van der Waals surface area contributed by atoms with Crippen molar-refractivity contribution in [2.45, 2.75) is 336 Å². The average molecular weight is 1450 g/mol. The molecule has 0 aromatic carbocycles. The number of rotatable bonds is 59. The lowest BCUT2D eigenvalue weighted by Gasteiger charge is -2.48. The Morgan fingerprint density at radius 1 is 0.359 bits per heavy atom. The van der Waals surface area contributed by atoms with Crippen molar-refractivity contribution in [3.8, 4) is 0 Å². The Kier molecular flexibility index (Phi) is 56.2. The third kappa shape index (κ3) is 42.5. The molecule has 12 N–H and O–H groups in total. The highest BCUT2D eigenvalue weighted by molar-refractivity contribution is 5.76. The molecule has 103 heavy (non-hydrogen) atoms. The molecule has 0 bridgehead atoms. The summed E-state index contributed by atoms with van der Waals surface area (Å²) >= 11 is 0. The number of allylic oxidation sites excluding steroid dienone is 25. The molecule has 19 nitrogen and oxygen atoms in total.